The quantitative estimate of drug-likeness (QED) is 0.520. The molecule has 0 radical (unpaired) electrons. The summed E-state index contributed by atoms with van der Waals surface area (Å²) in [6.45, 7) is 1.37. The van der Waals surface area contributed by atoms with Crippen LogP contribution in [0, 0.1) is 0 Å². The maximum absolute atomic E-state index is 9.85. The molecule has 80 valence electrons. The minimum atomic E-state index is -0.876. The van der Waals surface area contributed by atoms with E-state index < -0.39 is 6.10 Å². The standard InChI is InChI=1S/C10H12N2O3/c13-7-2-1-6(5-8(7)14)9(15)10-11-3-4-12-10/h1-2,5,9,13-15H,3-4H2,(H,11,12)/t9-/m1/s1. The molecule has 5 heteroatoms. The van der Waals surface area contributed by atoms with Crippen LogP contribution in [0.15, 0.2) is 23.2 Å². The summed E-state index contributed by atoms with van der Waals surface area (Å²) in [6.07, 6.45) is -0.876. The molecule has 0 fully saturated rings. The van der Waals surface area contributed by atoms with Crippen molar-refractivity contribution in [2.24, 2.45) is 4.99 Å². The van der Waals surface area contributed by atoms with E-state index in [1.165, 1.54) is 12.1 Å². The van der Waals surface area contributed by atoms with Gasteiger partial charge in [0.2, 0.25) is 0 Å². The normalized spacial score (nSPS) is 17.0. The summed E-state index contributed by atoms with van der Waals surface area (Å²) in [5.74, 6) is 0.0532. The Bertz CT molecular complexity index is 404. The maximum atomic E-state index is 9.85. The molecule has 1 aliphatic heterocycles. The van der Waals surface area contributed by atoms with E-state index in [0.29, 0.717) is 17.9 Å². The molecule has 0 aliphatic carbocycles. The van der Waals surface area contributed by atoms with Crippen molar-refractivity contribution < 1.29 is 15.3 Å². The van der Waals surface area contributed by atoms with Gasteiger partial charge in [-0.05, 0) is 17.7 Å². The second-order valence-electron chi connectivity index (χ2n) is 3.34. The maximum Gasteiger partial charge on any atom is 0.157 e. The number of nitrogens with zero attached hydrogens (tertiary/aromatic N) is 1. The van der Waals surface area contributed by atoms with E-state index in [0.717, 1.165) is 6.54 Å². The molecule has 1 atom stereocenters. The van der Waals surface area contributed by atoms with Gasteiger partial charge in [0.05, 0.1) is 6.54 Å². The molecule has 0 saturated heterocycles. The Balaban J connectivity index is 2.25. The fourth-order valence-corrected chi connectivity index (χ4v) is 1.47. The third-order valence-corrected chi connectivity index (χ3v) is 2.27. The van der Waals surface area contributed by atoms with Crippen molar-refractivity contribution in [2.75, 3.05) is 13.1 Å². The van der Waals surface area contributed by atoms with Crippen LogP contribution in [0.1, 0.15) is 11.7 Å². The van der Waals surface area contributed by atoms with Crippen LogP contribution in [0.4, 0.5) is 0 Å². The zero-order chi connectivity index (χ0) is 10.8. The molecule has 15 heavy (non-hydrogen) atoms. The number of aromatic hydroxyl groups is 2. The van der Waals surface area contributed by atoms with E-state index >= 15 is 0 Å². The molecule has 0 amide bonds. The lowest BCUT2D eigenvalue weighted by molar-refractivity contribution is 0.243. The molecule has 1 aromatic rings. The average molecular weight is 208 g/mol. The predicted molar refractivity (Wildman–Crippen MR) is 55.0 cm³/mol. The molecule has 1 aromatic carbocycles. The van der Waals surface area contributed by atoms with E-state index in [1.807, 2.05) is 0 Å². The summed E-state index contributed by atoms with van der Waals surface area (Å²) in [7, 11) is 0. The smallest absolute Gasteiger partial charge is 0.157 e. The molecular weight excluding hydrogens is 196 g/mol. The van der Waals surface area contributed by atoms with Crippen LogP contribution in [0.2, 0.25) is 0 Å². The third kappa shape index (κ3) is 1.87. The highest BCUT2D eigenvalue weighted by atomic mass is 16.3. The van der Waals surface area contributed by atoms with Gasteiger partial charge >= 0.3 is 0 Å². The van der Waals surface area contributed by atoms with E-state index in [4.69, 9.17) is 5.11 Å². The number of rotatable bonds is 2. The fourth-order valence-electron chi connectivity index (χ4n) is 1.47. The number of phenols is 2. The van der Waals surface area contributed by atoms with Crippen molar-refractivity contribution in [1.29, 1.82) is 0 Å². The fraction of sp³-hybridized carbons (Fsp3) is 0.300. The van der Waals surface area contributed by atoms with Gasteiger partial charge in [0.1, 0.15) is 11.9 Å². The van der Waals surface area contributed by atoms with Crippen molar-refractivity contribution in [3.05, 3.63) is 23.8 Å². The molecule has 0 unspecified atom stereocenters. The first kappa shape index (κ1) is 9.79. The number of hydrogen-bond acceptors (Lipinski definition) is 5. The van der Waals surface area contributed by atoms with Crippen LogP contribution < -0.4 is 5.32 Å². The molecule has 5 nitrogen and oxygen atoms in total. The summed E-state index contributed by atoms with van der Waals surface area (Å²) in [6, 6.07) is 4.20. The number of hydrogen-bond donors (Lipinski definition) is 4. The number of aliphatic hydroxyl groups is 1. The molecule has 0 spiro atoms. The van der Waals surface area contributed by atoms with Gasteiger partial charge in [-0.25, -0.2) is 0 Å². The Morgan fingerprint density at radius 1 is 1.27 bits per heavy atom. The second kappa shape index (κ2) is 3.78. The highest BCUT2D eigenvalue weighted by Gasteiger charge is 2.18. The topological polar surface area (TPSA) is 85.1 Å². The molecule has 2 rings (SSSR count). The van der Waals surface area contributed by atoms with Crippen LogP contribution in [0.5, 0.6) is 11.5 Å². The molecule has 4 N–H and O–H groups in total. The third-order valence-electron chi connectivity index (χ3n) is 2.27. The minimum absolute atomic E-state index is 0.202. The zero-order valence-corrected chi connectivity index (χ0v) is 8.01. The van der Waals surface area contributed by atoms with Crippen LogP contribution in [-0.2, 0) is 0 Å². The summed E-state index contributed by atoms with van der Waals surface area (Å²) in [5.41, 5.74) is 0.499. The number of phenolic OH excluding ortho intramolecular Hbond substituents is 2. The van der Waals surface area contributed by atoms with Crippen molar-refractivity contribution in [3.8, 4) is 11.5 Å². The van der Waals surface area contributed by atoms with E-state index in [-0.39, 0.29) is 11.5 Å². The second-order valence-corrected chi connectivity index (χ2v) is 3.34. The summed E-state index contributed by atoms with van der Waals surface area (Å²) in [4.78, 5) is 4.08. The lowest BCUT2D eigenvalue weighted by Gasteiger charge is -2.12. The van der Waals surface area contributed by atoms with Crippen molar-refractivity contribution in [3.63, 3.8) is 0 Å². The Morgan fingerprint density at radius 3 is 2.67 bits per heavy atom. The Hall–Kier alpha value is -1.75. The first-order valence-electron chi connectivity index (χ1n) is 4.66. The van der Waals surface area contributed by atoms with Gasteiger partial charge in [0, 0.05) is 6.54 Å². The van der Waals surface area contributed by atoms with Gasteiger partial charge in [-0.3, -0.25) is 4.99 Å². The Morgan fingerprint density at radius 2 is 2.07 bits per heavy atom. The van der Waals surface area contributed by atoms with E-state index in [2.05, 4.69) is 10.3 Å². The summed E-state index contributed by atoms with van der Waals surface area (Å²) in [5, 5.41) is 31.2. The summed E-state index contributed by atoms with van der Waals surface area (Å²) < 4.78 is 0. The summed E-state index contributed by atoms with van der Waals surface area (Å²) >= 11 is 0. The van der Waals surface area contributed by atoms with Gasteiger partial charge in [-0.2, -0.15) is 0 Å². The lowest BCUT2D eigenvalue weighted by atomic mass is 10.1. The molecule has 1 heterocycles. The zero-order valence-electron chi connectivity index (χ0n) is 8.01. The molecule has 0 bridgehead atoms. The van der Waals surface area contributed by atoms with Gasteiger partial charge in [-0.1, -0.05) is 6.07 Å². The van der Waals surface area contributed by atoms with Crippen molar-refractivity contribution in [1.82, 2.24) is 5.32 Å². The molecule has 0 saturated carbocycles. The highest BCUT2D eigenvalue weighted by molar-refractivity contribution is 5.88. The van der Waals surface area contributed by atoms with Gasteiger partial charge in [-0.15, -0.1) is 0 Å². The number of amidine groups is 1. The highest BCUT2D eigenvalue weighted by Crippen LogP contribution is 2.28. The number of aliphatic hydroxyl groups excluding tert-OH is 1. The van der Waals surface area contributed by atoms with Gasteiger partial charge in [0.25, 0.3) is 0 Å². The average Bonchev–Trinajstić information content (AvgIpc) is 2.74. The van der Waals surface area contributed by atoms with Crippen LogP contribution >= 0.6 is 0 Å². The minimum Gasteiger partial charge on any atom is -0.504 e. The Labute approximate surface area is 86.7 Å². The lowest BCUT2D eigenvalue weighted by Crippen LogP contribution is -2.25. The molecule has 1 aliphatic rings. The number of benzene rings is 1. The first-order valence-corrected chi connectivity index (χ1v) is 4.66. The van der Waals surface area contributed by atoms with E-state index in [1.54, 1.807) is 6.07 Å². The van der Waals surface area contributed by atoms with Crippen molar-refractivity contribution >= 4 is 5.84 Å². The van der Waals surface area contributed by atoms with E-state index in [9.17, 15) is 10.2 Å². The van der Waals surface area contributed by atoms with Crippen LogP contribution in [0.3, 0.4) is 0 Å². The van der Waals surface area contributed by atoms with Gasteiger partial charge < -0.3 is 20.6 Å². The number of nitrogens with one attached hydrogen (secondary N) is 1. The van der Waals surface area contributed by atoms with Crippen LogP contribution in [-0.4, -0.2) is 34.2 Å². The monoisotopic (exact) mass is 208 g/mol. The van der Waals surface area contributed by atoms with Crippen molar-refractivity contribution in [2.45, 2.75) is 6.10 Å². The largest absolute Gasteiger partial charge is 0.504 e. The van der Waals surface area contributed by atoms with Crippen LogP contribution in [0.25, 0.3) is 0 Å². The Kier molecular flexibility index (Phi) is 2.47. The molecule has 0 aromatic heterocycles. The first-order chi connectivity index (χ1) is 7.18. The number of aliphatic imine (C=N–C) groups is 1. The predicted octanol–water partition coefficient (Wildman–Crippen LogP) is 0.133. The molecular formula is C10H12N2O3. The SMILES string of the molecule is Oc1ccc([C@@H](O)C2=NCCN2)cc1O. The van der Waals surface area contributed by atoms with Gasteiger partial charge in [0.15, 0.2) is 11.5 Å².